The van der Waals surface area contributed by atoms with Crippen molar-refractivity contribution in [1.82, 2.24) is 9.78 Å². The van der Waals surface area contributed by atoms with Crippen LogP contribution in [-0.4, -0.2) is 21.6 Å². The first kappa shape index (κ1) is 12.5. The van der Waals surface area contributed by atoms with Gasteiger partial charge in [-0.1, -0.05) is 18.2 Å². The van der Waals surface area contributed by atoms with Crippen LogP contribution in [0.2, 0.25) is 0 Å². The summed E-state index contributed by atoms with van der Waals surface area (Å²) in [6.45, 7) is 1.90. The van der Waals surface area contributed by atoms with Gasteiger partial charge in [-0.15, -0.1) is 0 Å². The monoisotopic (exact) mass is 243 g/mol. The molecule has 1 atom stereocenters. The Morgan fingerprint density at radius 3 is 2.72 bits per heavy atom. The lowest BCUT2D eigenvalue weighted by Crippen LogP contribution is -2.17. The standard InChI is InChI=1S/C14H17N3O/c1-11(15)7-8-14(18)13-9-10-16-17(13)12-5-3-2-4-6-12/h2-6,9-11H,7-8,15H2,1H3. The van der Waals surface area contributed by atoms with E-state index in [9.17, 15) is 4.79 Å². The Morgan fingerprint density at radius 2 is 2.06 bits per heavy atom. The molecule has 1 heterocycles. The Labute approximate surface area is 106 Å². The average molecular weight is 243 g/mol. The highest BCUT2D eigenvalue weighted by Crippen LogP contribution is 2.12. The maximum Gasteiger partial charge on any atom is 0.181 e. The third-order valence-corrected chi connectivity index (χ3v) is 2.76. The minimum atomic E-state index is 0.0436. The van der Waals surface area contributed by atoms with Crippen LogP contribution in [0.15, 0.2) is 42.6 Å². The lowest BCUT2D eigenvalue weighted by atomic mass is 10.1. The van der Waals surface area contributed by atoms with Crippen molar-refractivity contribution in [3.63, 3.8) is 0 Å². The van der Waals surface area contributed by atoms with E-state index < -0.39 is 0 Å². The van der Waals surface area contributed by atoms with Crippen LogP contribution in [0.25, 0.3) is 5.69 Å². The second-order valence-electron chi connectivity index (χ2n) is 4.40. The molecule has 0 amide bonds. The fourth-order valence-corrected chi connectivity index (χ4v) is 1.78. The van der Waals surface area contributed by atoms with E-state index in [2.05, 4.69) is 5.10 Å². The van der Waals surface area contributed by atoms with Crippen LogP contribution in [0.5, 0.6) is 0 Å². The van der Waals surface area contributed by atoms with Crippen molar-refractivity contribution in [1.29, 1.82) is 0 Å². The lowest BCUT2D eigenvalue weighted by Gasteiger charge is -2.07. The lowest BCUT2D eigenvalue weighted by molar-refractivity contribution is 0.0970. The molecule has 2 rings (SSSR count). The molecule has 0 saturated heterocycles. The zero-order chi connectivity index (χ0) is 13.0. The van der Waals surface area contributed by atoms with Crippen molar-refractivity contribution in [3.05, 3.63) is 48.3 Å². The third kappa shape index (κ3) is 2.84. The first-order valence-corrected chi connectivity index (χ1v) is 6.06. The molecule has 1 unspecified atom stereocenters. The van der Waals surface area contributed by atoms with Crippen molar-refractivity contribution >= 4 is 5.78 Å². The Morgan fingerprint density at radius 1 is 1.33 bits per heavy atom. The highest BCUT2D eigenvalue weighted by molar-refractivity contribution is 5.94. The Hall–Kier alpha value is -1.94. The molecule has 1 aromatic carbocycles. The summed E-state index contributed by atoms with van der Waals surface area (Å²) < 4.78 is 1.67. The van der Waals surface area contributed by atoms with Gasteiger partial charge in [0, 0.05) is 12.5 Å². The van der Waals surface area contributed by atoms with Crippen LogP contribution in [0.1, 0.15) is 30.3 Å². The van der Waals surface area contributed by atoms with Crippen LogP contribution in [0, 0.1) is 0 Å². The van der Waals surface area contributed by atoms with Crippen molar-refractivity contribution < 1.29 is 4.79 Å². The molecule has 0 spiro atoms. The van der Waals surface area contributed by atoms with Gasteiger partial charge in [-0.05, 0) is 31.5 Å². The highest BCUT2D eigenvalue weighted by Gasteiger charge is 2.13. The van der Waals surface area contributed by atoms with E-state index in [0.717, 1.165) is 5.69 Å². The first-order valence-electron chi connectivity index (χ1n) is 6.06. The van der Waals surface area contributed by atoms with E-state index in [1.54, 1.807) is 16.9 Å². The predicted molar refractivity (Wildman–Crippen MR) is 70.8 cm³/mol. The molecule has 4 nitrogen and oxygen atoms in total. The molecule has 0 saturated carbocycles. The summed E-state index contributed by atoms with van der Waals surface area (Å²) in [7, 11) is 0. The van der Waals surface area contributed by atoms with Crippen molar-refractivity contribution in [2.75, 3.05) is 0 Å². The van der Waals surface area contributed by atoms with E-state index in [1.165, 1.54) is 0 Å². The number of aromatic nitrogens is 2. The summed E-state index contributed by atoms with van der Waals surface area (Å²) in [4.78, 5) is 12.1. The predicted octanol–water partition coefficient (Wildman–Crippen LogP) is 2.18. The molecule has 1 aromatic heterocycles. The van der Waals surface area contributed by atoms with Gasteiger partial charge in [0.05, 0.1) is 11.9 Å². The normalized spacial score (nSPS) is 12.3. The zero-order valence-corrected chi connectivity index (χ0v) is 10.4. The smallest absolute Gasteiger partial charge is 0.181 e. The second kappa shape index (κ2) is 5.60. The number of carbonyl (C=O) groups excluding carboxylic acids is 1. The summed E-state index contributed by atoms with van der Waals surface area (Å²) in [6, 6.07) is 11.4. The second-order valence-corrected chi connectivity index (χ2v) is 4.40. The Bertz CT molecular complexity index is 517. The van der Waals surface area contributed by atoms with Crippen molar-refractivity contribution in [2.24, 2.45) is 5.73 Å². The summed E-state index contributed by atoms with van der Waals surface area (Å²) in [5.74, 6) is 0.0775. The van der Waals surface area contributed by atoms with Crippen LogP contribution in [0.3, 0.4) is 0 Å². The van der Waals surface area contributed by atoms with Crippen LogP contribution in [-0.2, 0) is 0 Å². The van der Waals surface area contributed by atoms with Gasteiger partial charge in [0.2, 0.25) is 0 Å². The number of benzene rings is 1. The van der Waals surface area contributed by atoms with Gasteiger partial charge in [0.25, 0.3) is 0 Å². The molecule has 0 fully saturated rings. The summed E-state index contributed by atoms with van der Waals surface area (Å²) in [6.07, 6.45) is 2.79. The van der Waals surface area contributed by atoms with Crippen LogP contribution in [0.4, 0.5) is 0 Å². The molecule has 0 bridgehead atoms. The number of para-hydroxylation sites is 1. The molecule has 2 aromatic rings. The Balaban J connectivity index is 2.20. The van der Waals surface area contributed by atoms with Gasteiger partial charge >= 0.3 is 0 Å². The fourth-order valence-electron chi connectivity index (χ4n) is 1.78. The number of ketones is 1. The third-order valence-electron chi connectivity index (χ3n) is 2.76. The molecule has 94 valence electrons. The SMILES string of the molecule is CC(N)CCC(=O)c1ccnn1-c1ccccc1. The van der Waals surface area contributed by atoms with Gasteiger partial charge < -0.3 is 5.73 Å². The number of nitrogens with two attached hydrogens (primary N) is 1. The number of nitrogens with zero attached hydrogens (tertiary/aromatic N) is 2. The summed E-state index contributed by atoms with van der Waals surface area (Å²) in [5.41, 5.74) is 7.18. The maximum absolute atomic E-state index is 12.1. The van der Waals surface area contributed by atoms with Gasteiger partial charge in [-0.2, -0.15) is 5.10 Å². The first-order chi connectivity index (χ1) is 8.68. The van der Waals surface area contributed by atoms with Crippen molar-refractivity contribution in [2.45, 2.75) is 25.8 Å². The molecule has 2 N–H and O–H groups in total. The quantitative estimate of drug-likeness (QED) is 0.819. The van der Waals surface area contributed by atoms with E-state index >= 15 is 0 Å². The molecule has 4 heteroatoms. The Kier molecular flexibility index (Phi) is 3.89. The molecule has 0 aliphatic heterocycles. The number of rotatable bonds is 5. The number of Topliss-reactive ketones (excluding diaryl/α,β-unsaturated/α-hetero) is 1. The minimum absolute atomic E-state index is 0.0436. The largest absolute Gasteiger partial charge is 0.328 e. The number of carbonyl (C=O) groups is 1. The van der Waals surface area contributed by atoms with Gasteiger partial charge in [0.15, 0.2) is 5.78 Å². The van der Waals surface area contributed by atoms with Gasteiger partial charge in [-0.3, -0.25) is 4.79 Å². The fraction of sp³-hybridized carbons (Fsp3) is 0.286. The highest BCUT2D eigenvalue weighted by atomic mass is 16.1. The maximum atomic E-state index is 12.1. The number of hydrogen-bond donors (Lipinski definition) is 1. The van der Waals surface area contributed by atoms with E-state index in [4.69, 9.17) is 5.73 Å². The molecule has 0 radical (unpaired) electrons. The molecular weight excluding hydrogens is 226 g/mol. The van der Waals surface area contributed by atoms with E-state index in [-0.39, 0.29) is 11.8 Å². The van der Waals surface area contributed by atoms with E-state index in [1.807, 2.05) is 37.3 Å². The molecule has 0 aliphatic carbocycles. The summed E-state index contributed by atoms with van der Waals surface area (Å²) >= 11 is 0. The van der Waals surface area contributed by atoms with Gasteiger partial charge in [0.1, 0.15) is 5.69 Å². The van der Waals surface area contributed by atoms with Crippen molar-refractivity contribution in [3.8, 4) is 5.69 Å². The molecule has 0 aliphatic rings. The number of hydrogen-bond acceptors (Lipinski definition) is 3. The van der Waals surface area contributed by atoms with E-state index in [0.29, 0.717) is 18.5 Å². The minimum Gasteiger partial charge on any atom is -0.328 e. The summed E-state index contributed by atoms with van der Waals surface area (Å²) in [5, 5.41) is 4.20. The van der Waals surface area contributed by atoms with Crippen LogP contribution >= 0.6 is 0 Å². The van der Waals surface area contributed by atoms with Gasteiger partial charge in [-0.25, -0.2) is 4.68 Å². The van der Waals surface area contributed by atoms with Crippen LogP contribution < -0.4 is 5.73 Å². The average Bonchev–Trinajstić information content (AvgIpc) is 2.86. The topological polar surface area (TPSA) is 60.9 Å². The molecular formula is C14H17N3O. The zero-order valence-electron chi connectivity index (χ0n) is 10.4. The molecule has 18 heavy (non-hydrogen) atoms.